The zero-order valence-corrected chi connectivity index (χ0v) is 12.3. The molecule has 23 heavy (non-hydrogen) atoms. The number of aliphatic hydroxyl groups excluding tert-OH is 2. The van der Waals surface area contributed by atoms with Crippen LogP contribution in [0.5, 0.6) is 0 Å². The number of imidazole rings is 1. The molecule has 0 bridgehead atoms. The highest BCUT2D eigenvalue weighted by Gasteiger charge is 2.44. The molecule has 126 valence electrons. The minimum atomic E-state index is -5.22. The van der Waals surface area contributed by atoms with E-state index in [-0.39, 0.29) is 17.0 Å². The Morgan fingerprint density at radius 2 is 2.09 bits per heavy atom. The standard InChI is InChI=1S/C10H14N5O7P/c11-8-5-9(13-2-12-8)15(3-14-5)10-7(17)6(16)4(22-10)1-21-23(18,19)20/h2-4,6-7,10,16-17H,1H2,(H2,11,12,13)(H2,18,19,20)/p-2/t4-,6?,7?,10-/m0/s1. The van der Waals surface area contributed by atoms with Crippen molar-refractivity contribution in [2.45, 2.75) is 24.5 Å². The van der Waals surface area contributed by atoms with Gasteiger partial charge in [-0.15, -0.1) is 0 Å². The third kappa shape index (κ3) is 3.05. The molecule has 2 aromatic heterocycles. The summed E-state index contributed by atoms with van der Waals surface area (Å²) in [6.07, 6.45) is -2.75. The van der Waals surface area contributed by atoms with E-state index in [9.17, 15) is 24.6 Å². The SMILES string of the molecule is Nc1ncnc2c1ncn2[C@H]1O[C@@H](COP(=O)([O-])[O-])C(O)C1O. The van der Waals surface area contributed by atoms with Gasteiger partial charge in [-0.1, -0.05) is 0 Å². The van der Waals surface area contributed by atoms with Gasteiger partial charge in [0.25, 0.3) is 0 Å². The summed E-state index contributed by atoms with van der Waals surface area (Å²) < 4.78 is 21.3. The fraction of sp³-hybridized carbons (Fsp3) is 0.500. The molecular formula is C10H12N5O7P-2. The molecule has 4 N–H and O–H groups in total. The molecule has 0 radical (unpaired) electrons. The smallest absolute Gasteiger partial charge is 0.167 e. The number of fused-ring (bicyclic) bond motifs is 1. The van der Waals surface area contributed by atoms with Gasteiger partial charge in [0.2, 0.25) is 0 Å². The Balaban J connectivity index is 1.85. The Kier molecular flexibility index (Phi) is 4.06. The van der Waals surface area contributed by atoms with Gasteiger partial charge in [0.05, 0.1) is 20.8 Å². The van der Waals surface area contributed by atoms with Crippen molar-refractivity contribution in [2.75, 3.05) is 12.3 Å². The Morgan fingerprint density at radius 1 is 1.35 bits per heavy atom. The lowest BCUT2D eigenvalue weighted by Crippen LogP contribution is -2.34. The topological polar surface area (TPSA) is 192 Å². The van der Waals surface area contributed by atoms with Crippen molar-refractivity contribution in [3.8, 4) is 0 Å². The number of aliphatic hydroxyl groups is 2. The molecule has 1 fully saturated rings. The largest absolute Gasteiger partial charge is 0.790 e. The predicted octanol–water partition coefficient (Wildman–Crippen LogP) is -3.13. The van der Waals surface area contributed by atoms with Crippen molar-refractivity contribution in [2.24, 2.45) is 0 Å². The number of nitrogens with zero attached hydrogens (tertiary/aromatic N) is 4. The average Bonchev–Trinajstić information content (AvgIpc) is 3.01. The lowest BCUT2D eigenvalue weighted by atomic mass is 10.1. The highest BCUT2D eigenvalue weighted by Crippen LogP contribution is 2.34. The zero-order valence-electron chi connectivity index (χ0n) is 11.4. The van der Waals surface area contributed by atoms with Gasteiger partial charge in [-0.2, -0.15) is 0 Å². The van der Waals surface area contributed by atoms with Crippen LogP contribution in [0.4, 0.5) is 5.82 Å². The Bertz CT molecular complexity index is 763. The van der Waals surface area contributed by atoms with Gasteiger partial charge in [-0.05, 0) is 0 Å². The second-order valence-electron chi connectivity index (χ2n) is 4.87. The normalized spacial score (nSPS) is 28.5. The molecule has 3 rings (SSSR count). The summed E-state index contributed by atoms with van der Waals surface area (Å²) in [5, 5.41) is 20.0. The van der Waals surface area contributed by atoms with Gasteiger partial charge in [0.1, 0.15) is 30.2 Å². The van der Waals surface area contributed by atoms with Crippen LogP contribution in [0.3, 0.4) is 0 Å². The van der Waals surface area contributed by atoms with Crippen LogP contribution in [0, 0.1) is 0 Å². The van der Waals surface area contributed by atoms with E-state index in [1.165, 1.54) is 17.2 Å². The van der Waals surface area contributed by atoms with Crippen molar-refractivity contribution in [1.29, 1.82) is 0 Å². The van der Waals surface area contributed by atoms with E-state index in [0.29, 0.717) is 0 Å². The molecule has 1 aliphatic rings. The van der Waals surface area contributed by atoms with Gasteiger partial charge in [-0.3, -0.25) is 4.57 Å². The number of nitrogens with two attached hydrogens (primary N) is 1. The lowest BCUT2D eigenvalue weighted by Gasteiger charge is -2.30. The summed E-state index contributed by atoms with van der Waals surface area (Å²) in [7, 11) is -5.22. The molecule has 0 spiro atoms. The highest BCUT2D eigenvalue weighted by molar-refractivity contribution is 7.43. The van der Waals surface area contributed by atoms with Crippen LogP contribution in [0.25, 0.3) is 11.2 Å². The summed E-state index contributed by atoms with van der Waals surface area (Å²) in [5.41, 5.74) is 6.19. The van der Waals surface area contributed by atoms with E-state index >= 15 is 0 Å². The third-order valence-corrected chi connectivity index (χ3v) is 3.86. The summed E-state index contributed by atoms with van der Waals surface area (Å²) >= 11 is 0. The van der Waals surface area contributed by atoms with Crippen LogP contribution in [-0.4, -0.2) is 54.7 Å². The molecule has 12 nitrogen and oxygen atoms in total. The number of phosphoric ester groups is 1. The van der Waals surface area contributed by atoms with Crippen LogP contribution < -0.4 is 15.5 Å². The zero-order chi connectivity index (χ0) is 16.8. The minimum Gasteiger partial charge on any atom is -0.790 e. The molecule has 1 saturated heterocycles. The van der Waals surface area contributed by atoms with Crippen LogP contribution >= 0.6 is 7.82 Å². The van der Waals surface area contributed by atoms with Crippen molar-refractivity contribution < 1.29 is 33.8 Å². The fourth-order valence-corrected chi connectivity index (χ4v) is 2.65. The maximum atomic E-state index is 10.5. The molecule has 2 aromatic rings. The number of hydrogen-bond acceptors (Lipinski definition) is 11. The van der Waals surface area contributed by atoms with E-state index in [2.05, 4.69) is 19.5 Å². The molecule has 0 saturated carbocycles. The fourth-order valence-electron chi connectivity index (χ4n) is 2.32. The maximum Gasteiger partial charge on any atom is 0.167 e. The van der Waals surface area contributed by atoms with E-state index in [1.807, 2.05) is 0 Å². The van der Waals surface area contributed by atoms with E-state index in [0.717, 1.165) is 0 Å². The molecule has 3 heterocycles. The maximum absolute atomic E-state index is 10.5. The summed E-state index contributed by atoms with van der Waals surface area (Å²) in [6.45, 7) is -0.719. The Labute approximate surface area is 128 Å². The molecule has 2 unspecified atom stereocenters. The summed E-state index contributed by atoms with van der Waals surface area (Å²) in [6, 6.07) is 0. The first-order valence-corrected chi connectivity index (χ1v) is 7.85. The van der Waals surface area contributed by atoms with Crippen LogP contribution in [0.1, 0.15) is 6.23 Å². The van der Waals surface area contributed by atoms with Crippen molar-refractivity contribution in [3.63, 3.8) is 0 Å². The summed E-state index contributed by atoms with van der Waals surface area (Å²) in [5.74, 6) is 0.125. The van der Waals surface area contributed by atoms with Crippen molar-refractivity contribution in [3.05, 3.63) is 12.7 Å². The Morgan fingerprint density at radius 3 is 2.78 bits per heavy atom. The molecule has 4 atom stereocenters. The third-order valence-electron chi connectivity index (χ3n) is 3.40. The molecule has 0 aliphatic carbocycles. The highest BCUT2D eigenvalue weighted by atomic mass is 31.2. The number of nitrogen functional groups attached to an aromatic ring is 1. The molecule has 13 heteroatoms. The average molecular weight is 345 g/mol. The van der Waals surface area contributed by atoms with E-state index < -0.39 is 39.0 Å². The van der Waals surface area contributed by atoms with Crippen LogP contribution in [-0.2, 0) is 13.8 Å². The number of hydrogen-bond donors (Lipinski definition) is 3. The molecule has 1 aliphatic heterocycles. The lowest BCUT2D eigenvalue weighted by molar-refractivity contribution is -0.343. The number of anilines is 1. The first-order chi connectivity index (χ1) is 10.8. The second kappa shape index (κ2) is 5.76. The van der Waals surface area contributed by atoms with E-state index in [1.54, 1.807) is 0 Å². The number of aromatic nitrogens is 4. The van der Waals surface area contributed by atoms with Crippen LogP contribution in [0.15, 0.2) is 12.7 Å². The van der Waals surface area contributed by atoms with Gasteiger partial charge in [-0.25, -0.2) is 15.0 Å². The number of ether oxygens (including phenoxy) is 1. The first kappa shape index (κ1) is 16.2. The van der Waals surface area contributed by atoms with Crippen molar-refractivity contribution in [1.82, 2.24) is 19.5 Å². The quantitative estimate of drug-likeness (QED) is 0.474. The summed E-state index contributed by atoms with van der Waals surface area (Å²) in [4.78, 5) is 32.8. The van der Waals surface area contributed by atoms with Gasteiger partial charge in [0.15, 0.2) is 17.7 Å². The second-order valence-corrected chi connectivity index (χ2v) is 6.02. The first-order valence-electron chi connectivity index (χ1n) is 6.39. The van der Waals surface area contributed by atoms with Crippen molar-refractivity contribution >= 4 is 24.8 Å². The predicted molar refractivity (Wildman–Crippen MR) is 69.2 cm³/mol. The van der Waals surface area contributed by atoms with Gasteiger partial charge < -0.3 is 39.6 Å². The van der Waals surface area contributed by atoms with Gasteiger partial charge >= 0.3 is 0 Å². The monoisotopic (exact) mass is 345 g/mol. The number of rotatable bonds is 4. The van der Waals surface area contributed by atoms with Gasteiger partial charge in [0, 0.05) is 0 Å². The number of phosphoric acid groups is 1. The van der Waals surface area contributed by atoms with E-state index in [4.69, 9.17) is 10.5 Å². The molecular weight excluding hydrogens is 333 g/mol. The molecule has 0 amide bonds. The van der Waals surface area contributed by atoms with Crippen LogP contribution in [0.2, 0.25) is 0 Å². The molecule has 0 aromatic carbocycles. The Hall–Kier alpha value is -1.66. The minimum absolute atomic E-state index is 0.125.